The van der Waals surface area contributed by atoms with Crippen LogP contribution in [0.4, 0.5) is 5.69 Å². The molecule has 20 heavy (non-hydrogen) atoms. The number of halogens is 1. The third kappa shape index (κ3) is 3.45. The molecular formula is C10H7ClN2O6S. The SMILES string of the molecule is O=[N+]([O-])c1ccc(OS(=O)(=O)Cc2ccon2)c(Cl)c1. The molecule has 0 amide bonds. The fourth-order valence-electron chi connectivity index (χ4n) is 1.33. The summed E-state index contributed by atoms with van der Waals surface area (Å²) in [5.41, 5.74) is -0.0979. The van der Waals surface area contributed by atoms with Gasteiger partial charge in [0.1, 0.15) is 17.7 Å². The Balaban J connectivity index is 2.19. The summed E-state index contributed by atoms with van der Waals surface area (Å²) in [5, 5.41) is 13.8. The summed E-state index contributed by atoms with van der Waals surface area (Å²) >= 11 is 5.73. The molecular weight excluding hydrogens is 312 g/mol. The highest BCUT2D eigenvalue weighted by atomic mass is 35.5. The summed E-state index contributed by atoms with van der Waals surface area (Å²) in [4.78, 5) is 9.88. The van der Waals surface area contributed by atoms with Crippen molar-refractivity contribution in [2.24, 2.45) is 0 Å². The van der Waals surface area contributed by atoms with Gasteiger partial charge in [0.25, 0.3) is 5.69 Å². The van der Waals surface area contributed by atoms with Gasteiger partial charge in [-0.1, -0.05) is 16.8 Å². The lowest BCUT2D eigenvalue weighted by Crippen LogP contribution is -2.12. The predicted molar refractivity (Wildman–Crippen MR) is 67.9 cm³/mol. The maximum atomic E-state index is 11.7. The zero-order valence-corrected chi connectivity index (χ0v) is 11.3. The van der Waals surface area contributed by atoms with Gasteiger partial charge in [-0.25, -0.2) is 0 Å². The van der Waals surface area contributed by atoms with Crippen LogP contribution in [0, 0.1) is 10.1 Å². The van der Waals surface area contributed by atoms with Crippen LogP contribution >= 0.6 is 11.6 Å². The first kappa shape index (κ1) is 14.3. The highest BCUT2D eigenvalue weighted by Crippen LogP contribution is 2.30. The number of rotatable bonds is 5. The molecule has 0 N–H and O–H groups in total. The van der Waals surface area contributed by atoms with E-state index in [1.54, 1.807) is 0 Å². The van der Waals surface area contributed by atoms with Crippen LogP contribution in [0.2, 0.25) is 5.02 Å². The molecule has 0 spiro atoms. The number of nitrogens with zero attached hydrogens (tertiary/aromatic N) is 2. The fraction of sp³-hybridized carbons (Fsp3) is 0.100. The van der Waals surface area contributed by atoms with Gasteiger partial charge in [-0.05, 0) is 6.07 Å². The fourth-order valence-corrected chi connectivity index (χ4v) is 2.58. The molecule has 0 saturated heterocycles. The Kier molecular flexibility index (Phi) is 3.91. The Morgan fingerprint density at radius 2 is 2.15 bits per heavy atom. The molecule has 0 saturated carbocycles. The highest BCUT2D eigenvalue weighted by Gasteiger charge is 2.19. The van der Waals surface area contributed by atoms with Crippen LogP contribution in [0.15, 0.2) is 35.1 Å². The van der Waals surface area contributed by atoms with Crippen LogP contribution in [-0.4, -0.2) is 18.5 Å². The van der Waals surface area contributed by atoms with Crippen molar-refractivity contribution in [3.05, 3.63) is 51.4 Å². The normalized spacial score (nSPS) is 11.2. The van der Waals surface area contributed by atoms with Gasteiger partial charge in [0, 0.05) is 18.2 Å². The van der Waals surface area contributed by atoms with E-state index in [1.807, 2.05) is 0 Å². The van der Waals surface area contributed by atoms with Crippen LogP contribution in [0.25, 0.3) is 0 Å². The van der Waals surface area contributed by atoms with Crippen molar-refractivity contribution < 1.29 is 22.0 Å². The second-order valence-electron chi connectivity index (χ2n) is 3.65. The lowest BCUT2D eigenvalue weighted by molar-refractivity contribution is -0.384. The number of benzene rings is 1. The molecule has 0 aliphatic rings. The smallest absolute Gasteiger partial charge is 0.315 e. The molecule has 0 radical (unpaired) electrons. The second-order valence-corrected chi connectivity index (χ2v) is 5.63. The van der Waals surface area contributed by atoms with Crippen LogP contribution in [0.5, 0.6) is 5.75 Å². The number of nitro groups is 1. The Hall–Kier alpha value is -2.13. The van der Waals surface area contributed by atoms with Gasteiger partial charge < -0.3 is 8.71 Å². The van der Waals surface area contributed by atoms with E-state index in [4.69, 9.17) is 15.8 Å². The van der Waals surface area contributed by atoms with Gasteiger partial charge in [-0.2, -0.15) is 8.42 Å². The molecule has 0 aliphatic heterocycles. The summed E-state index contributed by atoms with van der Waals surface area (Å²) in [7, 11) is -3.99. The molecule has 0 unspecified atom stereocenters. The van der Waals surface area contributed by atoms with Gasteiger partial charge in [0.05, 0.1) is 9.95 Å². The molecule has 0 atom stereocenters. The maximum Gasteiger partial charge on any atom is 0.315 e. The van der Waals surface area contributed by atoms with Gasteiger partial charge >= 0.3 is 10.1 Å². The van der Waals surface area contributed by atoms with Crippen molar-refractivity contribution in [2.75, 3.05) is 0 Å². The van der Waals surface area contributed by atoms with Crippen molar-refractivity contribution in [2.45, 2.75) is 5.75 Å². The minimum absolute atomic E-state index is 0.169. The first-order valence-electron chi connectivity index (χ1n) is 5.13. The summed E-state index contributed by atoms with van der Waals surface area (Å²) in [5.74, 6) is -0.697. The van der Waals surface area contributed by atoms with Crippen molar-refractivity contribution in [1.29, 1.82) is 0 Å². The molecule has 2 rings (SSSR count). The third-order valence-corrected chi connectivity index (χ3v) is 3.54. The molecule has 2 aromatic rings. The molecule has 10 heteroatoms. The highest BCUT2D eigenvalue weighted by molar-refractivity contribution is 7.86. The third-order valence-electron chi connectivity index (χ3n) is 2.16. The van der Waals surface area contributed by atoms with Gasteiger partial charge in [0.15, 0.2) is 5.75 Å². The molecule has 1 aromatic carbocycles. The van der Waals surface area contributed by atoms with Crippen molar-refractivity contribution in [3.63, 3.8) is 0 Å². The van der Waals surface area contributed by atoms with Crippen LogP contribution in [-0.2, 0) is 15.9 Å². The van der Waals surface area contributed by atoms with E-state index in [2.05, 4.69) is 9.68 Å². The van der Waals surface area contributed by atoms with Crippen molar-refractivity contribution >= 4 is 27.4 Å². The van der Waals surface area contributed by atoms with Gasteiger partial charge in [-0.15, -0.1) is 0 Å². The van der Waals surface area contributed by atoms with E-state index in [0.29, 0.717) is 0 Å². The topological polar surface area (TPSA) is 113 Å². The monoisotopic (exact) mass is 318 g/mol. The van der Waals surface area contributed by atoms with E-state index in [1.165, 1.54) is 12.3 Å². The number of non-ortho nitro benzene ring substituents is 1. The second kappa shape index (κ2) is 5.47. The first-order chi connectivity index (χ1) is 9.37. The summed E-state index contributed by atoms with van der Waals surface area (Å²) in [6.07, 6.45) is 1.23. The molecule has 106 valence electrons. The van der Waals surface area contributed by atoms with Gasteiger partial charge in [0.2, 0.25) is 0 Å². The lowest BCUT2D eigenvalue weighted by Gasteiger charge is -2.06. The van der Waals surface area contributed by atoms with E-state index in [-0.39, 0.29) is 22.2 Å². The Labute approximate surface area is 118 Å². The number of aromatic nitrogens is 1. The van der Waals surface area contributed by atoms with E-state index >= 15 is 0 Å². The van der Waals surface area contributed by atoms with Crippen LogP contribution < -0.4 is 4.18 Å². The minimum atomic E-state index is -3.99. The Morgan fingerprint density at radius 1 is 1.40 bits per heavy atom. The quantitative estimate of drug-likeness (QED) is 0.471. The molecule has 1 aromatic heterocycles. The summed E-state index contributed by atoms with van der Waals surface area (Å²) in [6, 6.07) is 4.58. The van der Waals surface area contributed by atoms with Crippen LogP contribution in [0.3, 0.4) is 0 Å². The number of nitro benzene ring substituents is 1. The lowest BCUT2D eigenvalue weighted by atomic mass is 10.3. The van der Waals surface area contributed by atoms with Crippen LogP contribution in [0.1, 0.15) is 5.69 Å². The van der Waals surface area contributed by atoms with E-state index in [0.717, 1.165) is 18.2 Å². The molecule has 8 nitrogen and oxygen atoms in total. The predicted octanol–water partition coefficient (Wildman–Crippen LogP) is 2.14. The van der Waals surface area contributed by atoms with E-state index in [9.17, 15) is 18.5 Å². The van der Waals surface area contributed by atoms with Crippen molar-refractivity contribution in [3.8, 4) is 5.75 Å². The Morgan fingerprint density at radius 3 is 2.70 bits per heavy atom. The largest absolute Gasteiger partial charge is 0.381 e. The first-order valence-corrected chi connectivity index (χ1v) is 7.08. The minimum Gasteiger partial charge on any atom is -0.381 e. The van der Waals surface area contributed by atoms with Gasteiger partial charge in [-0.3, -0.25) is 10.1 Å². The van der Waals surface area contributed by atoms with Crippen molar-refractivity contribution in [1.82, 2.24) is 5.16 Å². The molecule has 0 fully saturated rings. The maximum absolute atomic E-state index is 11.7. The van der Waals surface area contributed by atoms with E-state index < -0.39 is 20.8 Å². The standard InChI is InChI=1S/C10H7ClN2O6S/c11-9-5-8(13(14)15)1-2-10(9)19-20(16,17)6-7-3-4-18-12-7/h1-5H,6H2. The summed E-state index contributed by atoms with van der Waals surface area (Å²) in [6.45, 7) is 0. The zero-order chi connectivity index (χ0) is 14.8. The Bertz CT molecular complexity index is 728. The molecule has 0 aliphatic carbocycles. The average molecular weight is 319 g/mol. The average Bonchev–Trinajstić information content (AvgIpc) is 2.83. The molecule has 0 bridgehead atoms. The number of hydrogen-bond donors (Lipinski definition) is 0. The zero-order valence-electron chi connectivity index (χ0n) is 9.72. The molecule has 1 heterocycles. The summed E-state index contributed by atoms with van der Waals surface area (Å²) < 4.78 is 32.8. The number of hydrogen-bond acceptors (Lipinski definition) is 7.